The highest BCUT2D eigenvalue weighted by Gasteiger charge is 2.18. The summed E-state index contributed by atoms with van der Waals surface area (Å²) in [5, 5.41) is 3.61. The van der Waals surface area contributed by atoms with Crippen molar-refractivity contribution in [3.63, 3.8) is 0 Å². The Kier molecular flexibility index (Phi) is 5.45. The third kappa shape index (κ3) is 3.95. The van der Waals surface area contributed by atoms with Crippen molar-refractivity contribution in [2.45, 2.75) is 38.8 Å². The summed E-state index contributed by atoms with van der Waals surface area (Å²) in [4.78, 5) is 2.51. The van der Waals surface area contributed by atoms with Crippen LogP contribution in [-0.4, -0.2) is 50.3 Å². The molecule has 3 nitrogen and oxygen atoms in total. The van der Waals surface area contributed by atoms with Gasteiger partial charge in [0.25, 0.3) is 0 Å². The van der Waals surface area contributed by atoms with Crippen LogP contribution in [0.4, 0.5) is 0 Å². The number of ether oxygens (including phenoxy) is 1. The second-order valence-corrected chi connectivity index (χ2v) is 4.23. The van der Waals surface area contributed by atoms with Gasteiger partial charge in [-0.25, -0.2) is 0 Å². The Morgan fingerprint density at radius 1 is 1.43 bits per heavy atom. The predicted molar refractivity (Wildman–Crippen MR) is 59.6 cm³/mol. The zero-order chi connectivity index (χ0) is 10.4. The fourth-order valence-electron chi connectivity index (χ4n) is 2.12. The molecule has 0 spiro atoms. The zero-order valence-electron chi connectivity index (χ0n) is 9.75. The molecule has 1 N–H and O–H groups in total. The Morgan fingerprint density at radius 3 is 2.57 bits per heavy atom. The fraction of sp³-hybridized carbons (Fsp3) is 1.00. The summed E-state index contributed by atoms with van der Waals surface area (Å²) in [7, 11) is 1.76. The smallest absolute Gasteiger partial charge is 0.0613 e. The summed E-state index contributed by atoms with van der Waals surface area (Å²) in [5.74, 6) is 0. The monoisotopic (exact) mass is 200 g/mol. The summed E-state index contributed by atoms with van der Waals surface area (Å²) < 4.78 is 5.11. The van der Waals surface area contributed by atoms with Crippen LogP contribution < -0.4 is 5.32 Å². The lowest BCUT2D eigenvalue weighted by Gasteiger charge is -2.33. The third-order valence-corrected chi connectivity index (χ3v) is 2.97. The summed E-state index contributed by atoms with van der Waals surface area (Å²) in [6, 6.07) is 1.18. The maximum absolute atomic E-state index is 5.11. The van der Waals surface area contributed by atoms with Crippen molar-refractivity contribution in [3.8, 4) is 0 Å². The summed E-state index contributed by atoms with van der Waals surface area (Å²) in [6.07, 6.45) is 2.56. The van der Waals surface area contributed by atoms with Gasteiger partial charge in [-0.2, -0.15) is 0 Å². The van der Waals surface area contributed by atoms with Gasteiger partial charge in [0, 0.05) is 19.2 Å². The van der Waals surface area contributed by atoms with Gasteiger partial charge in [-0.05, 0) is 39.4 Å². The van der Waals surface area contributed by atoms with Crippen molar-refractivity contribution >= 4 is 0 Å². The van der Waals surface area contributed by atoms with Crippen molar-refractivity contribution in [3.05, 3.63) is 0 Å². The standard InChI is InChI=1S/C11H24N2O/c1-4-13-7-5-11(6-8-13)12-10(2)9-14-3/h10-12H,4-9H2,1-3H3/t10-/m0/s1. The minimum absolute atomic E-state index is 0.484. The Labute approximate surface area is 87.8 Å². The van der Waals surface area contributed by atoms with Gasteiger partial charge in [-0.3, -0.25) is 0 Å². The molecular weight excluding hydrogens is 176 g/mol. The number of hydrogen-bond acceptors (Lipinski definition) is 3. The van der Waals surface area contributed by atoms with Crippen molar-refractivity contribution in [2.75, 3.05) is 33.4 Å². The lowest BCUT2D eigenvalue weighted by Crippen LogP contribution is -2.46. The first-order chi connectivity index (χ1) is 6.76. The topological polar surface area (TPSA) is 24.5 Å². The van der Waals surface area contributed by atoms with E-state index < -0.39 is 0 Å². The molecule has 0 amide bonds. The highest BCUT2D eigenvalue weighted by atomic mass is 16.5. The van der Waals surface area contributed by atoms with E-state index in [2.05, 4.69) is 24.1 Å². The molecule has 84 valence electrons. The minimum atomic E-state index is 0.484. The van der Waals surface area contributed by atoms with Gasteiger partial charge < -0.3 is 15.0 Å². The van der Waals surface area contributed by atoms with Gasteiger partial charge in [0.1, 0.15) is 0 Å². The molecule has 0 aromatic rings. The highest BCUT2D eigenvalue weighted by molar-refractivity contribution is 4.78. The average Bonchev–Trinajstić information content (AvgIpc) is 2.19. The lowest BCUT2D eigenvalue weighted by atomic mass is 10.0. The molecule has 1 aliphatic rings. The quantitative estimate of drug-likeness (QED) is 0.719. The SMILES string of the molecule is CCN1CCC(N[C@@H](C)COC)CC1. The van der Waals surface area contributed by atoms with Crippen molar-refractivity contribution in [2.24, 2.45) is 0 Å². The van der Waals surface area contributed by atoms with E-state index in [-0.39, 0.29) is 0 Å². The van der Waals surface area contributed by atoms with Crippen molar-refractivity contribution in [1.82, 2.24) is 10.2 Å². The number of rotatable bonds is 5. The molecule has 14 heavy (non-hydrogen) atoms. The van der Waals surface area contributed by atoms with E-state index in [0.29, 0.717) is 12.1 Å². The second-order valence-electron chi connectivity index (χ2n) is 4.23. The fourth-order valence-corrected chi connectivity index (χ4v) is 2.12. The summed E-state index contributed by atoms with van der Waals surface area (Å²) in [6.45, 7) is 8.92. The molecule has 1 aliphatic heterocycles. The average molecular weight is 200 g/mol. The molecule has 1 rings (SSSR count). The maximum atomic E-state index is 5.11. The van der Waals surface area contributed by atoms with Crippen LogP contribution in [0.5, 0.6) is 0 Å². The molecule has 1 atom stereocenters. The Morgan fingerprint density at radius 2 is 2.07 bits per heavy atom. The molecule has 3 heteroatoms. The molecule has 0 aliphatic carbocycles. The zero-order valence-corrected chi connectivity index (χ0v) is 9.75. The van der Waals surface area contributed by atoms with Gasteiger partial charge in [-0.1, -0.05) is 6.92 Å². The van der Waals surface area contributed by atoms with E-state index in [9.17, 15) is 0 Å². The van der Waals surface area contributed by atoms with Crippen LogP contribution in [0.2, 0.25) is 0 Å². The first-order valence-electron chi connectivity index (χ1n) is 5.73. The number of nitrogens with one attached hydrogen (secondary N) is 1. The molecule has 0 aromatic heterocycles. The molecule has 1 heterocycles. The molecule has 1 saturated heterocycles. The second kappa shape index (κ2) is 6.38. The van der Waals surface area contributed by atoms with Crippen LogP contribution in [0.15, 0.2) is 0 Å². The molecule has 0 bridgehead atoms. The molecule has 0 aromatic carbocycles. The molecular formula is C11H24N2O. The van der Waals surface area contributed by atoms with E-state index in [1.807, 2.05) is 0 Å². The normalized spacial score (nSPS) is 22.5. The number of likely N-dealkylation sites (tertiary alicyclic amines) is 1. The van der Waals surface area contributed by atoms with Crippen molar-refractivity contribution in [1.29, 1.82) is 0 Å². The van der Waals surface area contributed by atoms with Crippen LogP contribution in [0.3, 0.4) is 0 Å². The van der Waals surface area contributed by atoms with Crippen molar-refractivity contribution < 1.29 is 4.74 Å². The maximum Gasteiger partial charge on any atom is 0.0613 e. The van der Waals surface area contributed by atoms with Gasteiger partial charge in [0.15, 0.2) is 0 Å². The Hall–Kier alpha value is -0.120. The molecule has 0 unspecified atom stereocenters. The minimum Gasteiger partial charge on any atom is -0.383 e. The predicted octanol–water partition coefficient (Wildman–Crippen LogP) is 1.10. The van der Waals surface area contributed by atoms with Gasteiger partial charge in [0.2, 0.25) is 0 Å². The number of piperidine rings is 1. The summed E-state index contributed by atoms with van der Waals surface area (Å²) in [5.41, 5.74) is 0. The van der Waals surface area contributed by atoms with E-state index in [1.54, 1.807) is 7.11 Å². The van der Waals surface area contributed by atoms with Gasteiger partial charge >= 0.3 is 0 Å². The van der Waals surface area contributed by atoms with Crippen LogP contribution in [0, 0.1) is 0 Å². The van der Waals surface area contributed by atoms with E-state index in [4.69, 9.17) is 4.74 Å². The van der Waals surface area contributed by atoms with Gasteiger partial charge in [-0.15, -0.1) is 0 Å². The molecule has 0 radical (unpaired) electrons. The highest BCUT2D eigenvalue weighted by Crippen LogP contribution is 2.10. The Bertz CT molecular complexity index is 144. The summed E-state index contributed by atoms with van der Waals surface area (Å²) >= 11 is 0. The first-order valence-corrected chi connectivity index (χ1v) is 5.73. The van der Waals surface area contributed by atoms with E-state index >= 15 is 0 Å². The van der Waals surface area contributed by atoms with Gasteiger partial charge in [0.05, 0.1) is 6.61 Å². The first kappa shape index (κ1) is 12.0. The number of nitrogens with zero attached hydrogens (tertiary/aromatic N) is 1. The van der Waals surface area contributed by atoms with Crippen LogP contribution >= 0.6 is 0 Å². The lowest BCUT2D eigenvalue weighted by molar-refractivity contribution is 0.149. The molecule has 0 saturated carbocycles. The number of methoxy groups -OCH3 is 1. The van der Waals surface area contributed by atoms with Crippen LogP contribution in [0.25, 0.3) is 0 Å². The van der Waals surface area contributed by atoms with Crippen LogP contribution in [0.1, 0.15) is 26.7 Å². The number of hydrogen-bond donors (Lipinski definition) is 1. The molecule has 1 fully saturated rings. The third-order valence-electron chi connectivity index (χ3n) is 2.97. The van der Waals surface area contributed by atoms with Crippen LogP contribution in [-0.2, 0) is 4.74 Å². The largest absolute Gasteiger partial charge is 0.383 e. The van der Waals surface area contributed by atoms with E-state index in [1.165, 1.54) is 32.5 Å². The van der Waals surface area contributed by atoms with E-state index in [0.717, 1.165) is 6.61 Å². The Balaban J connectivity index is 2.15.